The zero-order valence-electron chi connectivity index (χ0n) is 13.2. The van der Waals surface area contributed by atoms with Crippen molar-refractivity contribution >= 4 is 29.3 Å². The van der Waals surface area contributed by atoms with Crippen molar-refractivity contribution < 1.29 is 24.0 Å². The highest BCUT2D eigenvalue weighted by Gasteiger charge is 2.50. The average Bonchev–Trinajstić information content (AvgIpc) is 2.64. The molecule has 1 amide bonds. The maximum atomic E-state index is 12.3. The lowest BCUT2D eigenvalue weighted by molar-refractivity contribution is -0.384. The van der Waals surface area contributed by atoms with Crippen LogP contribution in [0, 0.1) is 10.1 Å². The third-order valence-electron chi connectivity index (χ3n) is 3.88. The molecule has 25 heavy (non-hydrogen) atoms. The smallest absolute Gasteiger partial charge is 0.339 e. The van der Waals surface area contributed by atoms with Gasteiger partial charge in [-0.2, -0.15) is 0 Å². The molecule has 3 rings (SSSR count). The molecule has 0 aromatic heterocycles. The minimum Gasteiger partial charge on any atom is -0.457 e. The Balaban J connectivity index is 1.66. The number of carbonyl (C=O) groups excluding carboxylic acids is 2. The molecule has 2 unspecified atom stereocenters. The van der Waals surface area contributed by atoms with Crippen LogP contribution in [-0.2, 0) is 25.7 Å². The quantitative estimate of drug-likeness (QED) is 0.350. The molecular formula is C15H15N3O6S. The third kappa shape index (κ3) is 3.23. The van der Waals surface area contributed by atoms with Crippen LogP contribution in [-0.4, -0.2) is 45.7 Å². The summed E-state index contributed by atoms with van der Waals surface area (Å²) < 4.78 is 10.5. The number of esters is 1. The fourth-order valence-corrected chi connectivity index (χ4v) is 3.74. The number of fused-ring (bicyclic) bond motifs is 1. The molecule has 132 valence electrons. The maximum Gasteiger partial charge on any atom is 0.339 e. The van der Waals surface area contributed by atoms with E-state index in [9.17, 15) is 19.7 Å². The van der Waals surface area contributed by atoms with Gasteiger partial charge >= 0.3 is 5.97 Å². The highest BCUT2D eigenvalue weighted by atomic mass is 32.2. The fraction of sp³-hybridized carbons (Fsp3) is 0.333. The Kier molecular flexibility index (Phi) is 4.75. The van der Waals surface area contributed by atoms with Gasteiger partial charge < -0.3 is 20.1 Å². The summed E-state index contributed by atoms with van der Waals surface area (Å²) in [5.41, 5.74) is 5.92. The lowest BCUT2D eigenvalue weighted by Gasteiger charge is -2.47. The molecule has 10 heteroatoms. The molecule has 1 aromatic carbocycles. The highest BCUT2D eigenvalue weighted by molar-refractivity contribution is 8.00. The van der Waals surface area contributed by atoms with E-state index in [-0.39, 0.29) is 29.1 Å². The SMILES string of the molecule is COC1S[C@@H]2C(N)C(=O)N2C=C1C(=O)OCc1ccc([N+](=O)[O-])cc1. The van der Waals surface area contributed by atoms with E-state index in [1.54, 1.807) is 0 Å². The number of ether oxygens (including phenoxy) is 2. The first-order valence-electron chi connectivity index (χ1n) is 7.30. The lowest BCUT2D eigenvalue weighted by Crippen LogP contribution is -2.66. The van der Waals surface area contributed by atoms with E-state index in [1.807, 2.05) is 0 Å². The molecule has 2 heterocycles. The molecule has 0 aliphatic carbocycles. The van der Waals surface area contributed by atoms with Crippen LogP contribution in [0.15, 0.2) is 36.0 Å². The van der Waals surface area contributed by atoms with E-state index in [0.717, 1.165) is 0 Å². The van der Waals surface area contributed by atoms with E-state index in [1.165, 1.54) is 54.2 Å². The van der Waals surface area contributed by atoms with Gasteiger partial charge in [0, 0.05) is 25.4 Å². The van der Waals surface area contributed by atoms with Crippen LogP contribution < -0.4 is 5.73 Å². The van der Waals surface area contributed by atoms with Gasteiger partial charge in [-0.05, 0) is 17.7 Å². The normalized spacial score (nSPS) is 24.9. The average molecular weight is 365 g/mol. The molecule has 0 spiro atoms. The Morgan fingerprint density at radius 2 is 2.08 bits per heavy atom. The zero-order valence-corrected chi connectivity index (χ0v) is 14.0. The van der Waals surface area contributed by atoms with Crippen molar-refractivity contribution in [2.75, 3.05) is 7.11 Å². The number of nitro groups is 1. The van der Waals surface area contributed by atoms with Gasteiger partial charge in [0.1, 0.15) is 23.5 Å². The molecule has 0 saturated carbocycles. The number of hydrogen-bond donors (Lipinski definition) is 1. The molecule has 1 fully saturated rings. The molecule has 1 saturated heterocycles. The van der Waals surface area contributed by atoms with Gasteiger partial charge in [0.05, 0.1) is 10.5 Å². The second-order valence-corrected chi connectivity index (χ2v) is 6.63. The molecule has 0 bridgehead atoms. The topological polar surface area (TPSA) is 125 Å². The van der Waals surface area contributed by atoms with E-state index < -0.39 is 22.4 Å². The number of nitrogens with zero attached hydrogens (tertiary/aromatic N) is 2. The molecule has 2 N–H and O–H groups in total. The Morgan fingerprint density at radius 3 is 2.68 bits per heavy atom. The Labute approximate surface area is 146 Å². The Hall–Kier alpha value is -2.43. The van der Waals surface area contributed by atoms with Gasteiger partial charge in [0.2, 0.25) is 5.91 Å². The number of non-ortho nitro benzene ring substituents is 1. The molecule has 2 aliphatic rings. The molecule has 2 aliphatic heterocycles. The number of methoxy groups -OCH3 is 1. The standard InChI is InChI=1S/C15H15N3O6S/c1-23-15-10(6-17-12(19)11(16)13(17)25-15)14(20)24-7-8-2-4-9(5-3-8)18(21)22/h2-6,11,13,15H,7,16H2,1H3/t11?,13-,15?/m1/s1. The van der Waals surface area contributed by atoms with Gasteiger partial charge in [0.15, 0.2) is 0 Å². The van der Waals surface area contributed by atoms with Gasteiger partial charge in [-0.25, -0.2) is 4.79 Å². The number of β-lactam (4-membered cyclic amide) rings is 1. The van der Waals surface area contributed by atoms with E-state index in [2.05, 4.69) is 0 Å². The summed E-state index contributed by atoms with van der Waals surface area (Å²) in [6.07, 6.45) is 1.42. The predicted octanol–water partition coefficient (Wildman–Crippen LogP) is 0.737. The first-order valence-corrected chi connectivity index (χ1v) is 8.25. The Morgan fingerprint density at radius 1 is 1.40 bits per heavy atom. The molecular weight excluding hydrogens is 350 g/mol. The third-order valence-corrected chi connectivity index (χ3v) is 5.38. The van der Waals surface area contributed by atoms with Crippen LogP contribution in [0.4, 0.5) is 5.69 Å². The number of amides is 1. The van der Waals surface area contributed by atoms with Crippen molar-refractivity contribution in [3.05, 3.63) is 51.7 Å². The number of rotatable bonds is 5. The molecule has 1 aromatic rings. The lowest BCUT2D eigenvalue weighted by atomic mass is 10.1. The van der Waals surface area contributed by atoms with Crippen LogP contribution >= 0.6 is 11.8 Å². The fourth-order valence-electron chi connectivity index (χ4n) is 2.49. The number of nitrogens with two attached hydrogens (primary N) is 1. The van der Waals surface area contributed by atoms with Crippen LogP contribution in [0.1, 0.15) is 5.56 Å². The van der Waals surface area contributed by atoms with Crippen molar-refractivity contribution in [1.29, 1.82) is 0 Å². The van der Waals surface area contributed by atoms with Crippen LogP contribution in [0.3, 0.4) is 0 Å². The summed E-state index contributed by atoms with van der Waals surface area (Å²) in [6.45, 7) is -0.0494. The monoisotopic (exact) mass is 365 g/mol. The summed E-state index contributed by atoms with van der Waals surface area (Å²) in [4.78, 5) is 35.6. The highest BCUT2D eigenvalue weighted by Crippen LogP contribution is 2.40. The van der Waals surface area contributed by atoms with Gasteiger partial charge in [-0.15, -0.1) is 0 Å². The number of carbonyl (C=O) groups is 2. The summed E-state index contributed by atoms with van der Waals surface area (Å²) in [7, 11) is 1.46. The second kappa shape index (κ2) is 6.82. The minimum absolute atomic E-state index is 0.0420. The largest absolute Gasteiger partial charge is 0.457 e. The summed E-state index contributed by atoms with van der Waals surface area (Å²) in [6, 6.07) is 5.09. The van der Waals surface area contributed by atoms with E-state index >= 15 is 0 Å². The number of nitro benzene ring substituents is 1. The van der Waals surface area contributed by atoms with E-state index in [0.29, 0.717) is 5.56 Å². The zero-order chi connectivity index (χ0) is 18.1. The van der Waals surface area contributed by atoms with Crippen LogP contribution in [0.25, 0.3) is 0 Å². The van der Waals surface area contributed by atoms with Crippen LogP contribution in [0.5, 0.6) is 0 Å². The summed E-state index contributed by atoms with van der Waals surface area (Å²) >= 11 is 1.27. The summed E-state index contributed by atoms with van der Waals surface area (Å²) in [5.74, 6) is -0.878. The van der Waals surface area contributed by atoms with Crippen molar-refractivity contribution in [2.45, 2.75) is 23.5 Å². The van der Waals surface area contributed by atoms with E-state index in [4.69, 9.17) is 15.2 Å². The molecule has 0 radical (unpaired) electrons. The number of hydrogen-bond acceptors (Lipinski definition) is 8. The number of thioether (sulfide) groups is 1. The maximum absolute atomic E-state index is 12.3. The first kappa shape index (κ1) is 17.4. The van der Waals surface area contributed by atoms with Crippen molar-refractivity contribution in [1.82, 2.24) is 4.90 Å². The van der Waals surface area contributed by atoms with Gasteiger partial charge in [-0.1, -0.05) is 11.8 Å². The number of benzene rings is 1. The summed E-state index contributed by atoms with van der Waals surface area (Å²) in [5, 5.41) is 10.4. The minimum atomic E-state index is -0.621. The second-order valence-electron chi connectivity index (χ2n) is 5.45. The van der Waals surface area contributed by atoms with Crippen molar-refractivity contribution in [3.8, 4) is 0 Å². The molecule has 9 nitrogen and oxygen atoms in total. The van der Waals surface area contributed by atoms with Gasteiger partial charge in [0.25, 0.3) is 5.69 Å². The van der Waals surface area contributed by atoms with Crippen LogP contribution in [0.2, 0.25) is 0 Å². The Bertz CT molecular complexity index is 750. The van der Waals surface area contributed by atoms with Gasteiger partial charge in [-0.3, -0.25) is 14.9 Å². The van der Waals surface area contributed by atoms with Crippen molar-refractivity contribution in [3.63, 3.8) is 0 Å². The van der Waals surface area contributed by atoms with Crippen molar-refractivity contribution in [2.24, 2.45) is 5.73 Å². The molecule has 3 atom stereocenters. The predicted molar refractivity (Wildman–Crippen MR) is 88.0 cm³/mol. The first-order chi connectivity index (χ1) is 11.9.